The number of hydrogen-bond donors (Lipinski definition) is 1. The fraction of sp³-hybridized carbons (Fsp3) is 0.238. The van der Waals surface area contributed by atoms with E-state index in [1.807, 2.05) is 0 Å². The molecule has 3 aromatic rings. The molecular weight excluding hydrogens is 488 g/mol. The first-order chi connectivity index (χ1) is 15.6. The molecule has 2 aliphatic rings. The molecule has 0 fully saturated rings. The number of benzene rings is 2. The summed E-state index contributed by atoms with van der Waals surface area (Å²) in [5, 5.41) is 0.489. The Morgan fingerprint density at radius 2 is 1.82 bits per heavy atom. The van der Waals surface area contributed by atoms with Gasteiger partial charge in [0.1, 0.15) is 28.9 Å². The summed E-state index contributed by atoms with van der Waals surface area (Å²) in [6.45, 7) is 0.172. The van der Waals surface area contributed by atoms with Crippen molar-refractivity contribution in [1.29, 1.82) is 0 Å². The highest BCUT2D eigenvalue weighted by atomic mass is 32.5. The lowest BCUT2D eigenvalue weighted by atomic mass is 10.0. The van der Waals surface area contributed by atoms with Crippen molar-refractivity contribution in [2.45, 2.75) is 24.2 Å². The molecule has 0 saturated heterocycles. The van der Waals surface area contributed by atoms with Crippen LogP contribution in [0, 0.1) is 5.82 Å². The van der Waals surface area contributed by atoms with Gasteiger partial charge in [0.15, 0.2) is 0 Å². The number of amides is 1. The zero-order chi connectivity index (χ0) is 24.7. The monoisotopic (exact) mass is 505 g/mol. The minimum atomic E-state index is -9.90. The topological polar surface area (TPSA) is 77.7 Å². The second-order valence-corrected chi connectivity index (χ2v) is 10.6. The standard InChI is InChI=1S/C21H17F6N3O3S/c1-30(18-9-33-19-4-10(2-3-11(18)19)34(23,24,25,26)27)21(31)13-5-12-14-7-32-8-15(14)20(28)29-17(12)6-16(13)22/h2-6,18H,7-9H2,1H3,(H2,28,29)/t18-/m0/s1. The van der Waals surface area contributed by atoms with Crippen molar-refractivity contribution in [3.05, 3.63) is 58.4 Å². The van der Waals surface area contributed by atoms with Crippen molar-refractivity contribution in [3.63, 3.8) is 0 Å². The van der Waals surface area contributed by atoms with E-state index in [9.17, 15) is 28.6 Å². The molecular formula is C21H17F6N3O3S. The number of likely N-dealkylation sites (N-methyl/N-ethyl adjacent to an activating group) is 1. The smallest absolute Gasteiger partial charge is 0.310 e. The number of carbonyl (C=O) groups is 1. The summed E-state index contributed by atoms with van der Waals surface area (Å²) in [6, 6.07) is 2.82. The Balaban J connectivity index is 1.51. The summed E-state index contributed by atoms with van der Waals surface area (Å²) in [7, 11) is -8.58. The molecule has 0 aliphatic carbocycles. The SMILES string of the molecule is CN(C(=O)c1cc2c3c(c(N)nc2cc1F)COC3)[C@H]1COc2cc(S(F)(F)(F)(F)F)ccc21. The Morgan fingerprint density at radius 1 is 1.12 bits per heavy atom. The molecule has 0 bridgehead atoms. The van der Waals surface area contributed by atoms with Crippen LogP contribution >= 0.6 is 10.2 Å². The van der Waals surface area contributed by atoms with E-state index in [1.165, 1.54) is 13.1 Å². The van der Waals surface area contributed by atoms with Crippen LogP contribution in [0.4, 0.5) is 29.6 Å². The Labute approximate surface area is 189 Å². The van der Waals surface area contributed by atoms with E-state index >= 15 is 0 Å². The van der Waals surface area contributed by atoms with Crippen LogP contribution in [0.5, 0.6) is 5.75 Å². The highest BCUT2D eigenvalue weighted by Crippen LogP contribution is 3.02. The van der Waals surface area contributed by atoms with E-state index in [1.54, 1.807) is 0 Å². The van der Waals surface area contributed by atoms with Gasteiger partial charge in [0, 0.05) is 35.7 Å². The molecule has 0 spiro atoms. The van der Waals surface area contributed by atoms with Crippen molar-refractivity contribution >= 4 is 32.9 Å². The number of nitrogen functional groups attached to an aromatic ring is 1. The van der Waals surface area contributed by atoms with E-state index in [4.69, 9.17) is 15.2 Å². The van der Waals surface area contributed by atoms with Crippen molar-refractivity contribution in [2.24, 2.45) is 0 Å². The van der Waals surface area contributed by atoms with Gasteiger partial charge in [-0.15, -0.1) is 0 Å². The zero-order valence-corrected chi connectivity index (χ0v) is 18.3. The van der Waals surface area contributed by atoms with Crippen LogP contribution in [-0.4, -0.2) is 29.4 Å². The van der Waals surface area contributed by atoms with E-state index in [0.717, 1.165) is 17.0 Å². The van der Waals surface area contributed by atoms with Gasteiger partial charge in [-0.3, -0.25) is 4.79 Å². The molecule has 34 heavy (non-hydrogen) atoms. The Hall–Kier alpha value is -3.19. The van der Waals surface area contributed by atoms with Crippen LogP contribution in [-0.2, 0) is 18.0 Å². The Bertz CT molecular complexity index is 1400. The number of halogens is 6. The van der Waals surface area contributed by atoms with Gasteiger partial charge in [-0.1, -0.05) is 25.5 Å². The van der Waals surface area contributed by atoms with Crippen LogP contribution in [0.15, 0.2) is 35.2 Å². The third-order valence-corrected chi connectivity index (χ3v) is 7.17. The molecule has 1 aromatic heterocycles. The highest BCUT2D eigenvalue weighted by Gasteiger charge is 2.65. The van der Waals surface area contributed by atoms with Crippen molar-refractivity contribution in [2.75, 3.05) is 19.4 Å². The summed E-state index contributed by atoms with van der Waals surface area (Å²) < 4.78 is 91.1. The lowest BCUT2D eigenvalue weighted by Gasteiger charge is -2.40. The zero-order valence-electron chi connectivity index (χ0n) is 17.5. The summed E-state index contributed by atoms with van der Waals surface area (Å²) in [5.41, 5.74) is 7.30. The predicted molar refractivity (Wildman–Crippen MR) is 113 cm³/mol. The number of carbonyl (C=O) groups excluding carboxylic acids is 1. The van der Waals surface area contributed by atoms with Gasteiger partial charge in [-0.2, -0.15) is 0 Å². The lowest BCUT2D eigenvalue weighted by molar-refractivity contribution is 0.0704. The van der Waals surface area contributed by atoms with Gasteiger partial charge in [0.2, 0.25) is 0 Å². The molecule has 2 aromatic carbocycles. The molecule has 13 heteroatoms. The van der Waals surface area contributed by atoms with Gasteiger partial charge < -0.3 is 20.1 Å². The quantitative estimate of drug-likeness (QED) is 0.452. The minimum Gasteiger partial charge on any atom is -0.491 e. The number of nitrogens with two attached hydrogens (primary N) is 1. The van der Waals surface area contributed by atoms with E-state index in [0.29, 0.717) is 16.5 Å². The molecule has 1 atom stereocenters. The predicted octanol–water partition coefficient (Wildman–Crippen LogP) is 5.85. The molecule has 0 radical (unpaired) electrons. The van der Waals surface area contributed by atoms with Crippen molar-refractivity contribution in [1.82, 2.24) is 9.88 Å². The molecule has 1 amide bonds. The molecule has 2 aliphatic heterocycles. The maximum absolute atomic E-state index is 14.9. The average molecular weight is 505 g/mol. The second-order valence-electron chi connectivity index (χ2n) is 8.21. The normalized spacial score (nSPS) is 19.2. The number of fused-ring (bicyclic) bond motifs is 4. The van der Waals surface area contributed by atoms with E-state index in [-0.39, 0.29) is 54.4 Å². The molecule has 0 unspecified atom stereocenters. The number of pyridine rings is 1. The first-order valence-corrected chi connectivity index (χ1v) is 11.9. The summed E-state index contributed by atoms with van der Waals surface area (Å²) in [6.07, 6.45) is 0. The van der Waals surface area contributed by atoms with E-state index < -0.39 is 38.6 Å². The van der Waals surface area contributed by atoms with Crippen LogP contribution < -0.4 is 10.5 Å². The summed E-state index contributed by atoms with van der Waals surface area (Å²) in [4.78, 5) is 16.3. The van der Waals surface area contributed by atoms with Gasteiger partial charge in [0.25, 0.3) is 5.91 Å². The highest BCUT2D eigenvalue weighted by molar-refractivity contribution is 8.45. The molecule has 5 rings (SSSR count). The summed E-state index contributed by atoms with van der Waals surface area (Å²) in [5.74, 6) is -1.85. The number of anilines is 1. The van der Waals surface area contributed by atoms with Crippen LogP contribution in [0.3, 0.4) is 0 Å². The maximum Gasteiger partial charge on any atom is 0.310 e. The number of hydrogen-bond acceptors (Lipinski definition) is 5. The van der Waals surface area contributed by atoms with Gasteiger partial charge in [-0.05, 0) is 17.7 Å². The van der Waals surface area contributed by atoms with Crippen molar-refractivity contribution < 1.29 is 38.1 Å². The number of nitrogens with zero attached hydrogens (tertiary/aromatic N) is 2. The number of rotatable bonds is 3. The maximum atomic E-state index is 14.9. The third kappa shape index (κ3) is 3.59. The number of ether oxygens (including phenoxy) is 2. The average Bonchev–Trinajstić information content (AvgIpc) is 3.38. The van der Waals surface area contributed by atoms with Gasteiger partial charge in [0.05, 0.1) is 30.3 Å². The molecule has 2 N–H and O–H groups in total. The second kappa shape index (κ2) is 6.48. The molecule has 0 saturated carbocycles. The third-order valence-electron chi connectivity index (χ3n) is 6.02. The van der Waals surface area contributed by atoms with Crippen LogP contribution in [0.25, 0.3) is 10.9 Å². The van der Waals surface area contributed by atoms with Crippen LogP contribution in [0.2, 0.25) is 0 Å². The molecule has 3 heterocycles. The largest absolute Gasteiger partial charge is 0.491 e. The van der Waals surface area contributed by atoms with Gasteiger partial charge in [-0.25, -0.2) is 9.37 Å². The van der Waals surface area contributed by atoms with Crippen molar-refractivity contribution in [3.8, 4) is 5.75 Å². The first kappa shape index (κ1) is 22.6. The summed E-state index contributed by atoms with van der Waals surface area (Å²) >= 11 is 0. The number of aromatic nitrogens is 1. The molecule has 6 nitrogen and oxygen atoms in total. The minimum absolute atomic E-state index is 0.103. The Kier molecular flexibility index (Phi) is 4.30. The Morgan fingerprint density at radius 3 is 2.53 bits per heavy atom. The fourth-order valence-electron chi connectivity index (χ4n) is 4.22. The lowest BCUT2D eigenvalue weighted by Crippen LogP contribution is -2.32. The van der Waals surface area contributed by atoms with Crippen LogP contribution in [0.1, 0.15) is 33.1 Å². The molecule has 182 valence electrons. The first-order valence-electron chi connectivity index (χ1n) is 9.90. The van der Waals surface area contributed by atoms with Gasteiger partial charge >= 0.3 is 10.2 Å². The fourth-order valence-corrected chi connectivity index (χ4v) is 4.88. The van der Waals surface area contributed by atoms with E-state index in [2.05, 4.69) is 4.98 Å².